The molecule has 0 atom stereocenters. The smallest absolute Gasteiger partial charge is 0.254 e. The normalized spacial score (nSPS) is 14.8. The first-order valence-corrected chi connectivity index (χ1v) is 10.6. The molecule has 7 heteroatoms. The fourth-order valence-corrected chi connectivity index (χ4v) is 4.22. The van der Waals surface area contributed by atoms with Crippen LogP contribution >= 0.6 is 0 Å². The monoisotopic (exact) mass is 422 g/mol. The van der Waals surface area contributed by atoms with Gasteiger partial charge in [-0.15, -0.1) is 0 Å². The number of nitrogens with zero attached hydrogens (tertiary/aromatic N) is 4. The molecule has 164 valence electrons. The van der Waals surface area contributed by atoms with Crippen LogP contribution in [0, 0.1) is 20.8 Å². The summed E-state index contributed by atoms with van der Waals surface area (Å²) < 4.78 is 13.0. The zero-order valence-corrected chi connectivity index (χ0v) is 18.9. The molecule has 1 aliphatic rings. The summed E-state index contributed by atoms with van der Waals surface area (Å²) >= 11 is 0. The lowest BCUT2D eigenvalue weighted by molar-refractivity contribution is 0.0625. The molecule has 1 saturated heterocycles. The highest BCUT2D eigenvalue weighted by molar-refractivity contribution is 5.95. The lowest BCUT2D eigenvalue weighted by Crippen LogP contribution is -2.48. The number of hydrogen-bond donors (Lipinski definition) is 0. The molecule has 0 bridgehead atoms. The van der Waals surface area contributed by atoms with E-state index in [2.05, 4.69) is 41.5 Å². The Morgan fingerprint density at radius 3 is 2.26 bits per heavy atom. The maximum atomic E-state index is 13.1. The number of methoxy groups -OCH3 is 2. The minimum atomic E-state index is 0.0118. The molecule has 1 aromatic carbocycles. The van der Waals surface area contributed by atoms with Crippen molar-refractivity contribution in [1.29, 1.82) is 0 Å². The maximum absolute atomic E-state index is 13.1. The van der Waals surface area contributed by atoms with E-state index in [1.807, 2.05) is 11.8 Å². The summed E-state index contributed by atoms with van der Waals surface area (Å²) in [6.45, 7) is 9.92. The first kappa shape index (κ1) is 21.2. The number of ether oxygens (including phenoxy) is 2. The van der Waals surface area contributed by atoms with Crippen LogP contribution in [0.4, 0.5) is 0 Å². The lowest BCUT2D eigenvalue weighted by atomic mass is 10.1. The summed E-state index contributed by atoms with van der Waals surface area (Å²) in [6.07, 6.45) is 2.10. The Morgan fingerprint density at radius 1 is 1.00 bits per heavy atom. The fraction of sp³-hybridized carbons (Fsp3) is 0.417. The number of benzene rings is 1. The molecule has 0 spiro atoms. The van der Waals surface area contributed by atoms with Crippen molar-refractivity contribution < 1.29 is 14.3 Å². The van der Waals surface area contributed by atoms with Crippen molar-refractivity contribution in [3.05, 3.63) is 58.5 Å². The Balaban J connectivity index is 1.45. The number of aryl methyl sites for hydroxylation is 2. The topological polar surface area (TPSA) is 59.3 Å². The maximum Gasteiger partial charge on any atom is 0.254 e. The quantitative estimate of drug-likeness (QED) is 0.632. The molecule has 3 aromatic rings. The van der Waals surface area contributed by atoms with Crippen molar-refractivity contribution in [2.45, 2.75) is 27.3 Å². The molecule has 1 amide bonds. The summed E-state index contributed by atoms with van der Waals surface area (Å²) in [5.41, 5.74) is 5.96. The molecule has 2 aromatic heterocycles. The number of carbonyl (C=O) groups is 1. The van der Waals surface area contributed by atoms with Gasteiger partial charge in [0.2, 0.25) is 0 Å². The van der Waals surface area contributed by atoms with Gasteiger partial charge in [0.05, 0.1) is 25.6 Å². The second kappa shape index (κ2) is 8.59. The van der Waals surface area contributed by atoms with Crippen LogP contribution in [0.15, 0.2) is 30.5 Å². The van der Waals surface area contributed by atoms with Crippen molar-refractivity contribution in [2.24, 2.45) is 0 Å². The number of imidazole rings is 1. The minimum absolute atomic E-state index is 0.0118. The third-order valence-corrected chi connectivity index (χ3v) is 6.11. The number of pyridine rings is 1. The van der Waals surface area contributed by atoms with Crippen molar-refractivity contribution in [3.63, 3.8) is 0 Å². The number of hydrogen-bond acceptors (Lipinski definition) is 5. The van der Waals surface area contributed by atoms with Crippen LogP contribution in [-0.2, 0) is 6.54 Å². The van der Waals surface area contributed by atoms with Crippen molar-refractivity contribution in [2.75, 3.05) is 40.4 Å². The SMILES string of the molecule is COc1cc(C(=O)N2CCN(Cc3c(C)nc4cc(C)ccn34)CC2)cc(OC)c1C. The van der Waals surface area contributed by atoms with Gasteiger partial charge in [0.25, 0.3) is 5.91 Å². The third-order valence-electron chi connectivity index (χ3n) is 6.11. The van der Waals surface area contributed by atoms with Crippen LogP contribution in [0.1, 0.15) is 32.9 Å². The molecule has 1 aliphatic heterocycles. The van der Waals surface area contributed by atoms with E-state index in [4.69, 9.17) is 14.5 Å². The van der Waals surface area contributed by atoms with E-state index in [9.17, 15) is 4.79 Å². The molecule has 0 aliphatic carbocycles. The average molecular weight is 423 g/mol. The van der Waals surface area contributed by atoms with Gasteiger partial charge in [0, 0.05) is 50.0 Å². The van der Waals surface area contributed by atoms with E-state index in [1.54, 1.807) is 26.4 Å². The van der Waals surface area contributed by atoms with Crippen LogP contribution in [0.5, 0.6) is 11.5 Å². The molecule has 4 rings (SSSR count). The van der Waals surface area contributed by atoms with Gasteiger partial charge in [-0.25, -0.2) is 4.98 Å². The molecule has 31 heavy (non-hydrogen) atoms. The molecule has 1 fully saturated rings. The van der Waals surface area contributed by atoms with Crippen LogP contribution in [0.2, 0.25) is 0 Å². The summed E-state index contributed by atoms with van der Waals surface area (Å²) in [7, 11) is 3.22. The second-order valence-corrected chi connectivity index (χ2v) is 8.15. The molecule has 0 unspecified atom stereocenters. The highest BCUT2D eigenvalue weighted by Crippen LogP contribution is 2.30. The van der Waals surface area contributed by atoms with Gasteiger partial charge in [-0.3, -0.25) is 9.69 Å². The van der Waals surface area contributed by atoms with E-state index in [0.717, 1.165) is 36.5 Å². The molecule has 7 nitrogen and oxygen atoms in total. The number of piperazine rings is 1. The molecular formula is C24H30N4O3. The van der Waals surface area contributed by atoms with Gasteiger partial charge >= 0.3 is 0 Å². The molecule has 0 saturated carbocycles. The summed E-state index contributed by atoms with van der Waals surface area (Å²) in [4.78, 5) is 22.1. The van der Waals surface area contributed by atoms with Crippen molar-refractivity contribution >= 4 is 11.6 Å². The van der Waals surface area contributed by atoms with E-state index in [1.165, 1.54) is 11.3 Å². The highest BCUT2D eigenvalue weighted by Gasteiger charge is 2.25. The number of amides is 1. The molecule has 0 radical (unpaired) electrons. The Bertz CT molecular complexity index is 1090. The van der Waals surface area contributed by atoms with Gasteiger partial charge in [-0.05, 0) is 50.6 Å². The number of carbonyl (C=O) groups excluding carboxylic acids is 1. The Labute approximate surface area is 183 Å². The predicted octanol–water partition coefficient (Wildman–Crippen LogP) is 3.23. The number of aromatic nitrogens is 2. The van der Waals surface area contributed by atoms with Gasteiger partial charge in [-0.2, -0.15) is 0 Å². The second-order valence-electron chi connectivity index (χ2n) is 8.15. The lowest BCUT2D eigenvalue weighted by Gasteiger charge is -2.35. The summed E-state index contributed by atoms with van der Waals surface area (Å²) in [5.74, 6) is 1.34. The van der Waals surface area contributed by atoms with Crippen molar-refractivity contribution in [3.8, 4) is 11.5 Å². The van der Waals surface area contributed by atoms with Crippen LogP contribution in [-0.4, -0.2) is 65.5 Å². The van der Waals surface area contributed by atoms with Crippen LogP contribution in [0.3, 0.4) is 0 Å². The Morgan fingerprint density at radius 2 is 1.65 bits per heavy atom. The molecule has 3 heterocycles. The van der Waals surface area contributed by atoms with E-state index >= 15 is 0 Å². The summed E-state index contributed by atoms with van der Waals surface area (Å²) in [5, 5.41) is 0. The summed E-state index contributed by atoms with van der Waals surface area (Å²) in [6, 6.07) is 7.82. The van der Waals surface area contributed by atoms with Gasteiger partial charge < -0.3 is 18.8 Å². The number of fused-ring (bicyclic) bond motifs is 1. The molecule has 0 N–H and O–H groups in total. The Hall–Kier alpha value is -3.06. The van der Waals surface area contributed by atoms with Crippen LogP contribution in [0.25, 0.3) is 5.65 Å². The van der Waals surface area contributed by atoms with Crippen molar-refractivity contribution in [1.82, 2.24) is 19.2 Å². The van der Waals surface area contributed by atoms with Gasteiger partial charge in [0.1, 0.15) is 17.1 Å². The van der Waals surface area contributed by atoms with Gasteiger partial charge in [0.15, 0.2) is 0 Å². The third kappa shape index (κ3) is 4.10. The van der Waals surface area contributed by atoms with Crippen LogP contribution < -0.4 is 9.47 Å². The Kier molecular flexibility index (Phi) is 5.87. The predicted molar refractivity (Wildman–Crippen MR) is 120 cm³/mol. The van der Waals surface area contributed by atoms with E-state index in [-0.39, 0.29) is 5.91 Å². The first-order valence-electron chi connectivity index (χ1n) is 10.6. The number of rotatable bonds is 5. The van der Waals surface area contributed by atoms with E-state index < -0.39 is 0 Å². The zero-order valence-electron chi connectivity index (χ0n) is 18.9. The molecular weight excluding hydrogens is 392 g/mol. The zero-order chi connectivity index (χ0) is 22.1. The van der Waals surface area contributed by atoms with E-state index in [0.29, 0.717) is 30.2 Å². The fourth-order valence-electron chi connectivity index (χ4n) is 4.22. The minimum Gasteiger partial charge on any atom is -0.496 e. The average Bonchev–Trinajstić information content (AvgIpc) is 3.08. The standard InChI is InChI=1S/C24H30N4O3/c1-16-6-7-28-20(18(3)25-23(28)12-16)15-26-8-10-27(11-9-26)24(29)19-13-21(30-4)17(2)22(14-19)31-5/h6-7,12-14H,8-11,15H2,1-5H3. The highest BCUT2D eigenvalue weighted by atomic mass is 16.5. The van der Waals surface area contributed by atoms with Gasteiger partial charge in [-0.1, -0.05) is 0 Å². The first-order chi connectivity index (χ1) is 14.9. The largest absolute Gasteiger partial charge is 0.496 e.